The first kappa shape index (κ1) is 15.5. The number of rotatable bonds is 4. The number of amides is 2. The van der Waals surface area contributed by atoms with E-state index in [0.29, 0.717) is 4.42 Å². The summed E-state index contributed by atoms with van der Waals surface area (Å²) >= 11 is 5.64. The Labute approximate surface area is 125 Å². The summed E-state index contributed by atoms with van der Waals surface area (Å²) in [5.74, 6) is -0.996. The lowest BCUT2D eigenvalue weighted by molar-refractivity contribution is -0.139. The quantitative estimate of drug-likeness (QED) is 0.496. The maximum absolute atomic E-state index is 11.6. The first-order chi connectivity index (χ1) is 9.80. The molecule has 1 aliphatic heterocycles. The van der Waals surface area contributed by atoms with Gasteiger partial charge in [0.2, 0.25) is 0 Å². The Morgan fingerprint density at radius 2 is 2.05 bits per heavy atom. The first-order valence-corrected chi connectivity index (χ1v) is 7.49. The van der Waals surface area contributed by atoms with Gasteiger partial charge in [-0.3, -0.25) is 9.35 Å². The van der Waals surface area contributed by atoms with Crippen LogP contribution in [0.15, 0.2) is 30.3 Å². The monoisotopic (exact) mass is 334 g/mol. The molecule has 1 aliphatic rings. The molecule has 1 N–H and O–H groups in total. The van der Waals surface area contributed by atoms with E-state index in [1.54, 1.807) is 30.3 Å². The van der Waals surface area contributed by atoms with Crippen LogP contribution in [0.2, 0.25) is 0 Å². The van der Waals surface area contributed by atoms with E-state index in [9.17, 15) is 18.0 Å². The van der Waals surface area contributed by atoms with E-state index < -0.39 is 34.9 Å². The molecule has 0 radical (unpaired) electrons. The van der Waals surface area contributed by atoms with Crippen LogP contribution in [0.4, 0.5) is 4.79 Å². The molecule has 1 heterocycles. The molecular formula is C11H11ClN2O6S. The van der Waals surface area contributed by atoms with Crippen LogP contribution in [0.25, 0.3) is 0 Å². The van der Waals surface area contributed by atoms with Gasteiger partial charge in [-0.15, -0.1) is 0 Å². The van der Waals surface area contributed by atoms with E-state index in [1.165, 1.54) is 0 Å². The van der Waals surface area contributed by atoms with E-state index >= 15 is 0 Å². The SMILES string of the molecule is O=C(OCc1ccccc1)N(Cl)C1CN(S(=O)(=O)O)C1=O. The highest BCUT2D eigenvalue weighted by molar-refractivity contribution is 7.84. The molecule has 2 rings (SSSR count). The number of ether oxygens (including phenoxy) is 1. The van der Waals surface area contributed by atoms with Crippen LogP contribution in [0.5, 0.6) is 0 Å². The molecular weight excluding hydrogens is 324 g/mol. The van der Waals surface area contributed by atoms with Crippen molar-refractivity contribution in [1.82, 2.24) is 8.72 Å². The molecule has 8 nitrogen and oxygen atoms in total. The third kappa shape index (κ3) is 3.43. The fourth-order valence-electron chi connectivity index (χ4n) is 1.66. The standard InChI is InChI=1S/C11H11ClN2O6S/c12-14(9-6-13(10(9)15)21(17,18)19)11(16)20-7-8-4-2-1-3-5-8/h1-5,9H,6-7H2,(H,17,18,19). The molecule has 2 amide bonds. The van der Waals surface area contributed by atoms with Gasteiger partial charge in [-0.2, -0.15) is 8.42 Å². The lowest BCUT2D eigenvalue weighted by atomic mass is 10.2. The summed E-state index contributed by atoms with van der Waals surface area (Å²) in [4.78, 5) is 23.1. The molecule has 21 heavy (non-hydrogen) atoms. The summed E-state index contributed by atoms with van der Waals surface area (Å²) in [6, 6.07) is 7.62. The minimum absolute atomic E-state index is 0.0359. The van der Waals surface area contributed by atoms with Gasteiger partial charge in [0.05, 0.1) is 6.54 Å². The van der Waals surface area contributed by atoms with Crippen molar-refractivity contribution in [2.75, 3.05) is 6.54 Å². The van der Waals surface area contributed by atoms with Crippen molar-refractivity contribution in [1.29, 1.82) is 0 Å². The van der Waals surface area contributed by atoms with Crippen LogP contribution in [-0.4, -0.2) is 46.3 Å². The zero-order chi connectivity index (χ0) is 15.6. The normalized spacial score (nSPS) is 18.1. The number of hydrogen-bond donors (Lipinski definition) is 1. The van der Waals surface area contributed by atoms with Crippen LogP contribution in [0, 0.1) is 0 Å². The van der Waals surface area contributed by atoms with Gasteiger partial charge in [0, 0.05) is 11.8 Å². The van der Waals surface area contributed by atoms with Gasteiger partial charge in [-0.25, -0.2) is 13.5 Å². The minimum atomic E-state index is -4.62. The minimum Gasteiger partial charge on any atom is -0.444 e. The van der Waals surface area contributed by atoms with Gasteiger partial charge in [0.25, 0.3) is 5.91 Å². The zero-order valence-corrected chi connectivity index (χ0v) is 12.1. The molecule has 1 atom stereocenters. The lowest BCUT2D eigenvalue weighted by Gasteiger charge is -2.37. The van der Waals surface area contributed by atoms with Crippen LogP contribution >= 0.6 is 11.8 Å². The van der Waals surface area contributed by atoms with Crippen molar-refractivity contribution in [2.24, 2.45) is 0 Å². The Bertz CT molecular complexity index is 650. The number of nitrogens with zero attached hydrogens (tertiary/aromatic N) is 2. The van der Waals surface area contributed by atoms with Gasteiger partial charge in [0.15, 0.2) is 6.04 Å². The molecule has 1 unspecified atom stereocenters. The smallest absolute Gasteiger partial charge is 0.425 e. The second-order valence-electron chi connectivity index (χ2n) is 4.21. The number of carbonyl (C=O) groups excluding carboxylic acids is 2. The Kier molecular flexibility index (Phi) is 4.35. The van der Waals surface area contributed by atoms with Crippen molar-refractivity contribution in [2.45, 2.75) is 12.6 Å². The Morgan fingerprint density at radius 3 is 2.57 bits per heavy atom. The Morgan fingerprint density at radius 1 is 1.43 bits per heavy atom. The summed E-state index contributed by atoms with van der Waals surface area (Å²) in [5.41, 5.74) is 0.732. The van der Waals surface area contributed by atoms with Crippen molar-refractivity contribution < 1.29 is 27.3 Å². The molecule has 1 saturated heterocycles. The molecule has 1 fully saturated rings. The second kappa shape index (κ2) is 5.88. The number of carbonyl (C=O) groups is 2. The van der Waals surface area contributed by atoms with E-state index in [-0.39, 0.29) is 10.9 Å². The molecule has 0 aliphatic carbocycles. The summed E-state index contributed by atoms with van der Waals surface area (Å²) < 4.78 is 35.8. The number of hydrogen-bond acceptors (Lipinski definition) is 5. The van der Waals surface area contributed by atoms with Gasteiger partial charge in [-0.05, 0) is 5.56 Å². The molecule has 0 saturated carbocycles. The lowest BCUT2D eigenvalue weighted by Crippen LogP contribution is -2.64. The van der Waals surface area contributed by atoms with Gasteiger partial charge in [-0.1, -0.05) is 30.3 Å². The van der Waals surface area contributed by atoms with E-state index in [4.69, 9.17) is 21.1 Å². The third-order valence-corrected chi connectivity index (χ3v) is 4.06. The number of benzene rings is 1. The highest BCUT2D eigenvalue weighted by Gasteiger charge is 2.48. The molecule has 1 aromatic rings. The van der Waals surface area contributed by atoms with Gasteiger partial charge >= 0.3 is 16.4 Å². The maximum Gasteiger partial charge on any atom is 0.425 e. The van der Waals surface area contributed by atoms with E-state index in [1.807, 2.05) is 0 Å². The summed E-state index contributed by atoms with van der Waals surface area (Å²) in [6.45, 7) is -0.451. The highest BCUT2D eigenvalue weighted by atomic mass is 35.5. The number of β-lactam (4-membered cyclic amide) rings is 1. The van der Waals surface area contributed by atoms with Crippen LogP contribution in [0.1, 0.15) is 5.56 Å². The Hall–Kier alpha value is -1.84. The van der Waals surface area contributed by atoms with Crippen molar-refractivity contribution >= 4 is 34.1 Å². The van der Waals surface area contributed by atoms with Crippen LogP contribution in [-0.2, 0) is 26.4 Å². The summed E-state index contributed by atoms with van der Waals surface area (Å²) in [7, 11) is -4.62. The maximum atomic E-state index is 11.6. The number of halogens is 1. The largest absolute Gasteiger partial charge is 0.444 e. The highest BCUT2D eigenvalue weighted by Crippen LogP contribution is 2.22. The first-order valence-electron chi connectivity index (χ1n) is 5.75. The van der Waals surface area contributed by atoms with Crippen LogP contribution < -0.4 is 0 Å². The Balaban J connectivity index is 1.88. The molecule has 0 aromatic heterocycles. The molecule has 0 spiro atoms. The van der Waals surface area contributed by atoms with E-state index in [2.05, 4.69) is 0 Å². The predicted octanol–water partition coefficient (Wildman–Crippen LogP) is 0.793. The van der Waals surface area contributed by atoms with Gasteiger partial charge in [0.1, 0.15) is 6.61 Å². The molecule has 1 aromatic carbocycles. The molecule has 10 heteroatoms. The second-order valence-corrected chi connectivity index (χ2v) is 5.91. The fourth-order valence-corrected chi connectivity index (χ4v) is 2.54. The van der Waals surface area contributed by atoms with Gasteiger partial charge < -0.3 is 4.74 Å². The zero-order valence-electron chi connectivity index (χ0n) is 10.5. The average Bonchev–Trinajstić information content (AvgIpc) is 2.42. The third-order valence-electron chi connectivity index (χ3n) is 2.80. The topological polar surface area (TPSA) is 104 Å². The predicted molar refractivity (Wildman–Crippen MR) is 71.4 cm³/mol. The van der Waals surface area contributed by atoms with Crippen molar-refractivity contribution in [3.63, 3.8) is 0 Å². The molecule has 114 valence electrons. The average molecular weight is 335 g/mol. The van der Waals surface area contributed by atoms with E-state index in [0.717, 1.165) is 5.56 Å². The van der Waals surface area contributed by atoms with Crippen molar-refractivity contribution in [3.8, 4) is 0 Å². The molecule has 0 bridgehead atoms. The van der Waals surface area contributed by atoms with Crippen molar-refractivity contribution in [3.05, 3.63) is 35.9 Å². The summed E-state index contributed by atoms with van der Waals surface area (Å²) in [5, 5.41) is 0. The fraction of sp³-hybridized carbons (Fsp3) is 0.273. The van der Waals surface area contributed by atoms with Crippen LogP contribution in [0.3, 0.4) is 0 Å². The summed E-state index contributed by atoms with van der Waals surface area (Å²) in [6.07, 6.45) is -0.978.